The van der Waals surface area contributed by atoms with E-state index in [-0.39, 0.29) is 18.0 Å². The zero-order valence-corrected chi connectivity index (χ0v) is 11.6. The van der Waals surface area contributed by atoms with Crippen LogP contribution in [0.1, 0.15) is 33.1 Å². The second-order valence-corrected chi connectivity index (χ2v) is 5.75. The summed E-state index contributed by atoms with van der Waals surface area (Å²) in [7, 11) is 4.10. The normalized spacial score (nSPS) is 22.1. The third-order valence-electron chi connectivity index (χ3n) is 3.06. The maximum absolute atomic E-state index is 12.0. The molecular weight excluding hydrogens is 214 g/mol. The molecule has 2 N–H and O–H groups in total. The van der Waals surface area contributed by atoms with Crippen molar-refractivity contribution in [1.82, 2.24) is 15.5 Å². The molecule has 2 unspecified atom stereocenters. The summed E-state index contributed by atoms with van der Waals surface area (Å²) >= 11 is 0. The second-order valence-electron chi connectivity index (χ2n) is 5.75. The lowest BCUT2D eigenvalue weighted by Crippen LogP contribution is -2.48. The van der Waals surface area contributed by atoms with Crippen LogP contribution >= 0.6 is 0 Å². The summed E-state index contributed by atoms with van der Waals surface area (Å²) in [5.41, 5.74) is 0. The third-order valence-corrected chi connectivity index (χ3v) is 3.06. The van der Waals surface area contributed by atoms with Crippen LogP contribution in [0.5, 0.6) is 0 Å². The van der Waals surface area contributed by atoms with E-state index in [1.165, 1.54) is 0 Å². The smallest absolute Gasteiger partial charge is 0.237 e. The number of carbonyl (C=O) groups is 1. The van der Waals surface area contributed by atoms with Crippen LogP contribution in [0.25, 0.3) is 0 Å². The number of carbonyl (C=O) groups excluding carboxylic acids is 1. The van der Waals surface area contributed by atoms with E-state index in [2.05, 4.69) is 29.4 Å². The largest absolute Gasteiger partial charge is 0.351 e. The molecule has 4 nitrogen and oxygen atoms in total. The fourth-order valence-corrected chi connectivity index (χ4v) is 2.40. The monoisotopic (exact) mass is 241 g/mol. The standard InChI is InChI=1S/C13H27N3O/c1-10(2)8-11(9-16(3)4)15-13(17)12-6-5-7-14-12/h10-12,14H,5-9H2,1-4H3,(H,15,17). The van der Waals surface area contributed by atoms with Gasteiger partial charge >= 0.3 is 0 Å². The van der Waals surface area contributed by atoms with Crippen LogP contribution in [0, 0.1) is 5.92 Å². The lowest BCUT2D eigenvalue weighted by Gasteiger charge is -2.25. The van der Waals surface area contributed by atoms with Gasteiger partial charge in [0, 0.05) is 12.6 Å². The molecule has 0 radical (unpaired) electrons. The molecule has 17 heavy (non-hydrogen) atoms. The van der Waals surface area contributed by atoms with Crippen LogP contribution < -0.4 is 10.6 Å². The predicted molar refractivity (Wildman–Crippen MR) is 71.0 cm³/mol. The molecule has 0 aromatic rings. The SMILES string of the molecule is CC(C)CC(CN(C)C)NC(=O)C1CCCN1. The number of rotatable bonds is 6. The van der Waals surface area contributed by atoms with E-state index in [1.807, 2.05) is 14.1 Å². The number of nitrogens with zero attached hydrogens (tertiary/aromatic N) is 1. The first kappa shape index (κ1) is 14.5. The number of likely N-dealkylation sites (N-methyl/N-ethyl adjacent to an activating group) is 1. The summed E-state index contributed by atoms with van der Waals surface area (Å²) in [5.74, 6) is 0.784. The summed E-state index contributed by atoms with van der Waals surface area (Å²) in [6.07, 6.45) is 3.12. The molecule has 2 atom stereocenters. The number of hydrogen-bond acceptors (Lipinski definition) is 3. The van der Waals surface area contributed by atoms with Crippen molar-refractivity contribution in [3.8, 4) is 0 Å². The zero-order chi connectivity index (χ0) is 12.8. The fourth-order valence-electron chi connectivity index (χ4n) is 2.40. The number of hydrogen-bond donors (Lipinski definition) is 2. The molecule has 4 heteroatoms. The molecular formula is C13H27N3O. The zero-order valence-electron chi connectivity index (χ0n) is 11.6. The van der Waals surface area contributed by atoms with Gasteiger partial charge in [0.05, 0.1) is 6.04 Å². The van der Waals surface area contributed by atoms with Crippen molar-refractivity contribution in [3.63, 3.8) is 0 Å². The highest BCUT2D eigenvalue weighted by Crippen LogP contribution is 2.09. The minimum absolute atomic E-state index is 0.0341. The first-order valence-corrected chi connectivity index (χ1v) is 6.67. The minimum Gasteiger partial charge on any atom is -0.351 e. The van der Waals surface area contributed by atoms with Crippen molar-refractivity contribution in [2.24, 2.45) is 5.92 Å². The van der Waals surface area contributed by atoms with E-state index in [9.17, 15) is 4.79 Å². The van der Waals surface area contributed by atoms with Gasteiger partial charge in [-0.2, -0.15) is 0 Å². The molecule has 1 aliphatic heterocycles. The average Bonchev–Trinajstić information content (AvgIpc) is 2.67. The van der Waals surface area contributed by atoms with E-state index in [0.717, 1.165) is 32.4 Å². The second kappa shape index (κ2) is 6.97. The van der Waals surface area contributed by atoms with Gasteiger partial charge in [-0.25, -0.2) is 0 Å². The Labute approximate surface area is 105 Å². The Morgan fingerprint density at radius 3 is 2.65 bits per heavy atom. The third kappa shape index (κ3) is 5.50. The van der Waals surface area contributed by atoms with E-state index >= 15 is 0 Å². The van der Waals surface area contributed by atoms with Gasteiger partial charge in [0.15, 0.2) is 0 Å². The molecule has 1 saturated heterocycles. The predicted octanol–water partition coefficient (Wildman–Crippen LogP) is 0.831. The quantitative estimate of drug-likeness (QED) is 0.724. The van der Waals surface area contributed by atoms with Gasteiger partial charge in [-0.3, -0.25) is 4.79 Å². The molecule has 0 saturated carbocycles. The van der Waals surface area contributed by atoms with Crippen molar-refractivity contribution in [1.29, 1.82) is 0 Å². The Kier molecular flexibility index (Phi) is 5.92. The molecule has 0 spiro atoms. The minimum atomic E-state index is 0.0341. The van der Waals surface area contributed by atoms with Crippen LogP contribution in [0.2, 0.25) is 0 Å². The van der Waals surface area contributed by atoms with Gasteiger partial charge in [0.1, 0.15) is 0 Å². The summed E-state index contributed by atoms with van der Waals surface area (Å²) in [6.45, 7) is 6.28. The van der Waals surface area contributed by atoms with Crippen LogP contribution in [-0.4, -0.2) is 50.1 Å². The first-order valence-electron chi connectivity index (χ1n) is 6.67. The van der Waals surface area contributed by atoms with Gasteiger partial charge in [-0.1, -0.05) is 13.8 Å². The van der Waals surface area contributed by atoms with E-state index in [0.29, 0.717) is 5.92 Å². The molecule has 1 fully saturated rings. The Balaban J connectivity index is 2.43. The van der Waals surface area contributed by atoms with Gasteiger partial charge in [0.2, 0.25) is 5.91 Å². The van der Waals surface area contributed by atoms with Crippen molar-refractivity contribution < 1.29 is 4.79 Å². The summed E-state index contributed by atoms with van der Waals surface area (Å²) < 4.78 is 0. The topological polar surface area (TPSA) is 44.4 Å². The van der Waals surface area contributed by atoms with Gasteiger partial charge in [-0.05, 0) is 45.8 Å². The highest BCUT2D eigenvalue weighted by atomic mass is 16.2. The van der Waals surface area contributed by atoms with Crippen molar-refractivity contribution in [3.05, 3.63) is 0 Å². The summed E-state index contributed by atoms with van der Waals surface area (Å²) in [4.78, 5) is 14.2. The molecule has 1 aliphatic rings. The van der Waals surface area contributed by atoms with Gasteiger partial charge < -0.3 is 15.5 Å². The van der Waals surface area contributed by atoms with Crippen LogP contribution in [0.3, 0.4) is 0 Å². The highest BCUT2D eigenvalue weighted by Gasteiger charge is 2.24. The van der Waals surface area contributed by atoms with Gasteiger partial charge in [0.25, 0.3) is 0 Å². The number of nitrogens with one attached hydrogen (secondary N) is 2. The molecule has 100 valence electrons. The molecule has 0 aromatic carbocycles. The lowest BCUT2D eigenvalue weighted by molar-refractivity contribution is -0.123. The van der Waals surface area contributed by atoms with Crippen LogP contribution in [0.15, 0.2) is 0 Å². The summed E-state index contributed by atoms with van der Waals surface area (Å²) in [5, 5.41) is 6.42. The average molecular weight is 241 g/mol. The maximum atomic E-state index is 12.0. The maximum Gasteiger partial charge on any atom is 0.237 e. The lowest BCUT2D eigenvalue weighted by atomic mass is 10.0. The molecule has 0 bridgehead atoms. The highest BCUT2D eigenvalue weighted by molar-refractivity contribution is 5.82. The molecule has 0 aliphatic carbocycles. The number of amides is 1. The van der Waals surface area contributed by atoms with Gasteiger partial charge in [-0.15, -0.1) is 0 Å². The van der Waals surface area contributed by atoms with Crippen molar-refractivity contribution in [2.75, 3.05) is 27.2 Å². The Bertz CT molecular complexity index is 225. The van der Waals surface area contributed by atoms with E-state index in [4.69, 9.17) is 0 Å². The fraction of sp³-hybridized carbons (Fsp3) is 0.923. The Morgan fingerprint density at radius 1 is 1.47 bits per heavy atom. The Hall–Kier alpha value is -0.610. The molecule has 1 rings (SSSR count). The van der Waals surface area contributed by atoms with Crippen molar-refractivity contribution in [2.45, 2.75) is 45.2 Å². The van der Waals surface area contributed by atoms with Crippen LogP contribution in [-0.2, 0) is 4.79 Å². The van der Waals surface area contributed by atoms with E-state index in [1.54, 1.807) is 0 Å². The molecule has 1 heterocycles. The first-order chi connectivity index (χ1) is 7.99. The van der Waals surface area contributed by atoms with Crippen LogP contribution in [0.4, 0.5) is 0 Å². The Morgan fingerprint density at radius 2 is 2.18 bits per heavy atom. The van der Waals surface area contributed by atoms with E-state index < -0.39 is 0 Å². The summed E-state index contributed by atoms with van der Waals surface area (Å²) in [6, 6.07) is 0.298. The van der Waals surface area contributed by atoms with Crippen molar-refractivity contribution >= 4 is 5.91 Å². The molecule has 1 amide bonds. The molecule has 0 aromatic heterocycles.